The van der Waals surface area contributed by atoms with Crippen LogP contribution in [0.4, 0.5) is 4.79 Å². The van der Waals surface area contributed by atoms with Crippen molar-refractivity contribution in [2.75, 3.05) is 20.0 Å². The molecule has 4 nitrogen and oxygen atoms in total. The molecule has 4 heteroatoms. The van der Waals surface area contributed by atoms with E-state index in [1.165, 1.54) is 0 Å². The molecule has 0 aliphatic heterocycles. The van der Waals surface area contributed by atoms with Gasteiger partial charge in [0.05, 0.1) is 6.61 Å². The molecule has 0 N–H and O–H groups in total. The molecule has 0 aliphatic rings. The third-order valence-corrected chi connectivity index (χ3v) is 1.56. The summed E-state index contributed by atoms with van der Waals surface area (Å²) in [7, 11) is 0. The molecule has 0 saturated carbocycles. The highest BCUT2D eigenvalue weighted by Gasteiger charge is 2.00. The van der Waals surface area contributed by atoms with Gasteiger partial charge in [-0.15, -0.1) is 0 Å². The highest BCUT2D eigenvalue weighted by atomic mass is 16.8. The van der Waals surface area contributed by atoms with E-state index in [2.05, 4.69) is 4.74 Å². The van der Waals surface area contributed by atoms with E-state index in [9.17, 15) is 4.79 Å². The Morgan fingerprint density at radius 3 is 2.06 bits per heavy atom. The van der Waals surface area contributed by atoms with E-state index in [-0.39, 0.29) is 13.4 Å². The molecule has 0 atom stereocenters. The molecule has 0 unspecified atom stereocenters. The Labute approximate surface area is 96.9 Å². The summed E-state index contributed by atoms with van der Waals surface area (Å²) < 4.78 is 14.4. The smallest absolute Gasteiger partial charge is 0.430 e. The topological polar surface area (TPSA) is 44.8 Å². The predicted molar refractivity (Wildman–Crippen MR) is 62.1 cm³/mol. The lowest BCUT2D eigenvalue weighted by Crippen LogP contribution is -2.10. The van der Waals surface area contributed by atoms with Gasteiger partial charge in [0.1, 0.15) is 6.61 Å². The van der Waals surface area contributed by atoms with Crippen molar-refractivity contribution in [2.24, 2.45) is 0 Å². The monoisotopic (exact) mass is 228 g/mol. The zero-order valence-corrected chi connectivity index (χ0v) is 10.4. The molecule has 0 rings (SSSR count). The fourth-order valence-electron chi connectivity index (χ4n) is 0.682. The maximum absolute atomic E-state index is 11.0. The van der Waals surface area contributed by atoms with Gasteiger partial charge in [-0.05, 0) is 33.8 Å². The fraction of sp³-hybridized carbons (Fsp3) is 0.583. The lowest BCUT2D eigenvalue weighted by atomic mass is 10.3. The van der Waals surface area contributed by atoms with E-state index in [4.69, 9.17) is 9.47 Å². The van der Waals surface area contributed by atoms with Crippen molar-refractivity contribution >= 4 is 6.16 Å². The summed E-state index contributed by atoms with van der Waals surface area (Å²) in [6.45, 7) is 8.38. The standard InChI is InChI=1S/C12H20O4/c1-10(2)5-7-14-9-16-12(13)15-8-6-11(3)4/h5-6H,7-9H2,1-4H3. The van der Waals surface area contributed by atoms with Crippen LogP contribution < -0.4 is 0 Å². The van der Waals surface area contributed by atoms with Crippen LogP contribution >= 0.6 is 0 Å². The van der Waals surface area contributed by atoms with E-state index in [0.29, 0.717) is 6.61 Å². The van der Waals surface area contributed by atoms with Crippen LogP contribution in [0.15, 0.2) is 23.3 Å². The molecule has 0 aliphatic carbocycles. The van der Waals surface area contributed by atoms with Crippen molar-refractivity contribution in [3.05, 3.63) is 23.3 Å². The van der Waals surface area contributed by atoms with Gasteiger partial charge >= 0.3 is 6.16 Å². The third kappa shape index (κ3) is 10.8. The molecule has 0 bridgehead atoms. The van der Waals surface area contributed by atoms with Crippen molar-refractivity contribution in [3.8, 4) is 0 Å². The Balaban J connectivity index is 3.44. The van der Waals surface area contributed by atoms with Gasteiger partial charge < -0.3 is 14.2 Å². The van der Waals surface area contributed by atoms with Crippen LogP contribution in [-0.4, -0.2) is 26.2 Å². The molecule has 0 saturated heterocycles. The van der Waals surface area contributed by atoms with Crippen LogP contribution in [0, 0.1) is 0 Å². The van der Waals surface area contributed by atoms with Gasteiger partial charge in [-0.1, -0.05) is 17.2 Å². The molecule has 0 spiro atoms. The summed E-state index contributed by atoms with van der Waals surface area (Å²) in [6.07, 6.45) is 2.98. The van der Waals surface area contributed by atoms with E-state index < -0.39 is 6.16 Å². The van der Waals surface area contributed by atoms with E-state index in [1.807, 2.05) is 33.8 Å². The molecule has 0 aromatic heterocycles. The lowest BCUT2D eigenvalue weighted by molar-refractivity contribution is -0.0339. The summed E-state index contributed by atoms with van der Waals surface area (Å²) in [4.78, 5) is 11.0. The Hall–Kier alpha value is -1.29. The van der Waals surface area contributed by atoms with Crippen LogP contribution in [0.1, 0.15) is 27.7 Å². The number of carbonyl (C=O) groups is 1. The minimum Gasteiger partial charge on any atom is -0.430 e. The molecule has 0 amide bonds. The Morgan fingerprint density at radius 1 is 0.938 bits per heavy atom. The van der Waals surface area contributed by atoms with Gasteiger partial charge in [0, 0.05) is 0 Å². The Morgan fingerprint density at radius 2 is 1.50 bits per heavy atom. The summed E-state index contributed by atoms with van der Waals surface area (Å²) in [5.41, 5.74) is 2.25. The Bertz CT molecular complexity index is 258. The fourth-order valence-corrected chi connectivity index (χ4v) is 0.682. The van der Waals surface area contributed by atoms with Crippen molar-refractivity contribution in [2.45, 2.75) is 27.7 Å². The average molecular weight is 228 g/mol. The summed E-state index contributed by atoms with van der Waals surface area (Å²) in [6, 6.07) is 0. The van der Waals surface area contributed by atoms with Crippen molar-refractivity contribution in [3.63, 3.8) is 0 Å². The summed E-state index contributed by atoms with van der Waals surface area (Å²) in [5, 5.41) is 0. The highest BCUT2D eigenvalue weighted by molar-refractivity contribution is 5.59. The van der Waals surface area contributed by atoms with Gasteiger partial charge in [-0.3, -0.25) is 0 Å². The van der Waals surface area contributed by atoms with Gasteiger partial charge in [0.25, 0.3) is 0 Å². The molecular weight excluding hydrogens is 208 g/mol. The van der Waals surface area contributed by atoms with Crippen molar-refractivity contribution in [1.82, 2.24) is 0 Å². The summed E-state index contributed by atoms with van der Waals surface area (Å²) >= 11 is 0. The first-order valence-electron chi connectivity index (χ1n) is 5.16. The highest BCUT2D eigenvalue weighted by Crippen LogP contribution is 1.92. The lowest BCUT2D eigenvalue weighted by Gasteiger charge is -2.04. The second-order valence-corrected chi connectivity index (χ2v) is 3.76. The minimum absolute atomic E-state index is 0.0859. The predicted octanol–water partition coefficient (Wildman–Crippen LogP) is 3.05. The maximum atomic E-state index is 11.0. The molecule has 0 aromatic rings. The molecule has 92 valence electrons. The summed E-state index contributed by atoms with van der Waals surface area (Å²) in [5.74, 6) is 0. The number of hydrogen-bond acceptors (Lipinski definition) is 4. The maximum Gasteiger partial charge on any atom is 0.510 e. The Kier molecular flexibility index (Phi) is 8.25. The zero-order valence-electron chi connectivity index (χ0n) is 10.4. The largest absolute Gasteiger partial charge is 0.510 e. The SMILES string of the molecule is CC(C)=CCOCOC(=O)OCC=C(C)C. The van der Waals surface area contributed by atoms with Crippen LogP contribution in [0.3, 0.4) is 0 Å². The second kappa shape index (κ2) is 8.97. The van der Waals surface area contributed by atoms with Crippen molar-refractivity contribution in [1.29, 1.82) is 0 Å². The first-order chi connectivity index (χ1) is 7.52. The van der Waals surface area contributed by atoms with Crippen LogP contribution in [-0.2, 0) is 14.2 Å². The number of hydrogen-bond donors (Lipinski definition) is 0. The van der Waals surface area contributed by atoms with Crippen LogP contribution in [0.2, 0.25) is 0 Å². The number of allylic oxidation sites excluding steroid dienone is 2. The van der Waals surface area contributed by atoms with E-state index >= 15 is 0 Å². The zero-order chi connectivity index (χ0) is 12.4. The van der Waals surface area contributed by atoms with E-state index in [0.717, 1.165) is 11.1 Å². The van der Waals surface area contributed by atoms with Gasteiger partial charge in [0.2, 0.25) is 0 Å². The molecule has 0 heterocycles. The van der Waals surface area contributed by atoms with E-state index in [1.54, 1.807) is 6.08 Å². The van der Waals surface area contributed by atoms with Crippen molar-refractivity contribution < 1.29 is 19.0 Å². The van der Waals surface area contributed by atoms with Gasteiger partial charge in [-0.25, -0.2) is 4.79 Å². The van der Waals surface area contributed by atoms with Gasteiger partial charge in [-0.2, -0.15) is 0 Å². The second-order valence-electron chi connectivity index (χ2n) is 3.76. The molecule has 0 radical (unpaired) electrons. The average Bonchev–Trinajstić information content (AvgIpc) is 2.16. The third-order valence-electron chi connectivity index (χ3n) is 1.56. The minimum atomic E-state index is -0.713. The first kappa shape index (κ1) is 14.7. The quantitative estimate of drug-likeness (QED) is 0.303. The van der Waals surface area contributed by atoms with Crippen LogP contribution in [0.5, 0.6) is 0 Å². The molecular formula is C12H20O4. The molecule has 16 heavy (non-hydrogen) atoms. The van der Waals surface area contributed by atoms with Crippen LogP contribution in [0.25, 0.3) is 0 Å². The number of rotatable bonds is 6. The normalized spacial score (nSPS) is 9.25. The number of carbonyl (C=O) groups excluding carboxylic acids is 1. The number of ether oxygens (including phenoxy) is 3. The van der Waals surface area contributed by atoms with Gasteiger partial charge in [0.15, 0.2) is 6.79 Å². The first-order valence-corrected chi connectivity index (χ1v) is 5.16. The molecule has 0 aromatic carbocycles. The molecule has 0 fully saturated rings.